The van der Waals surface area contributed by atoms with Crippen molar-refractivity contribution in [1.29, 1.82) is 0 Å². The van der Waals surface area contributed by atoms with E-state index in [9.17, 15) is 12.8 Å². The van der Waals surface area contributed by atoms with E-state index in [1.165, 1.54) is 16.4 Å². The summed E-state index contributed by atoms with van der Waals surface area (Å²) in [7, 11) is -3.70. The van der Waals surface area contributed by atoms with Crippen LogP contribution in [0.25, 0.3) is 0 Å². The van der Waals surface area contributed by atoms with E-state index in [4.69, 9.17) is 0 Å². The summed E-state index contributed by atoms with van der Waals surface area (Å²) < 4.78 is 44.4. The molecule has 1 aliphatic heterocycles. The zero-order valence-corrected chi connectivity index (χ0v) is 16.1. The first-order valence-corrected chi connectivity index (χ1v) is 10.4. The lowest BCUT2D eigenvalue weighted by Gasteiger charge is -2.36. The lowest BCUT2D eigenvalue weighted by atomic mass is 10.0. The molecular formula is C19H16BrFN2O2S. The maximum Gasteiger partial charge on any atom is 0.244 e. The van der Waals surface area contributed by atoms with Crippen molar-refractivity contribution in [2.75, 3.05) is 6.54 Å². The molecule has 4 nitrogen and oxygen atoms in total. The van der Waals surface area contributed by atoms with Gasteiger partial charge in [0.2, 0.25) is 10.0 Å². The zero-order valence-electron chi connectivity index (χ0n) is 13.7. The summed E-state index contributed by atoms with van der Waals surface area (Å²) in [5.74, 6) is -0.345. The minimum absolute atomic E-state index is 0.243. The number of hydrogen-bond donors (Lipinski definition) is 0. The van der Waals surface area contributed by atoms with E-state index in [1.54, 1.807) is 36.4 Å². The second-order valence-corrected chi connectivity index (χ2v) is 8.96. The van der Waals surface area contributed by atoms with E-state index in [0.29, 0.717) is 13.1 Å². The van der Waals surface area contributed by atoms with Gasteiger partial charge >= 0.3 is 0 Å². The fourth-order valence-electron chi connectivity index (χ4n) is 3.35. The topological polar surface area (TPSA) is 42.3 Å². The molecule has 0 saturated carbocycles. The van der Waals surface area contributed by atoms with Crippen LogP contribution < -0.4 is 0 Å². The normalized spacial score (nSPS) is 17.8. The number of sulfonamides is 1. The number of fused-ring (bicyclic) bond motifs is 1. The highest BCUT2D eigenvalue weighted by molar-refractivity contribution is 9.10. The van der Waals surface area contributed by atoms with Crippen LogP contribution in [-0.2, 0) is 16.6 Å². The molecule has 1 aromatic heterocycles. The number of nitrogens with zero attached hydrogens (tertiary/aromatic N) is 2. The van der Waals surface area contributed by atoms with E-state index in [0.717, 1.165) is 15.7 Å². The summed E-state index contributed by atoms with van der Waals surface area (Å²) in [6.45, 7) is 0.928. The fraction of sp³-hybridized carbons (Fsp3) is 0.158. The van der Waals surface area contributed by atoms with E-state index in [1.807, 2.05) is 22.9 Å². The van der Waals surface area contributed by atoms with E-state index < -0.39 is 16.1 Å². The number of hydrogen-bond acceptors (Lipinski definition) is 2. The van der Waals surface area contributed by atoms with E-state index >= 15 is 0 Å². The van der Waals surface area contributed by atoms with E-state index in [2.05, 4.69) is 15.9 Å². The van der Waals surface area contributed by atoms with Crippen LogP contribution in [0, 0.1) is 5.82 Å². The fourth-order valence-corrected chi connectivity index (χ4v) is 5.19. The number of rotatable bonds is 3. The Morgan fingerprint density at radius 2 is 1.65 bits per heavy atom. The summed E-state index contributed by atoms with van der Waals surface area (Å²) in [4.78, 5) is 0.243. The molecule has 0 amide bonds. The average Bonchev–Trinajstić information content (AvgIpc) is 3.11. The highest BCUT2D eigenvalue weighted by atomic mass is 79.9. The molecule has 2 aromatic carbocycles. The van der Waals surface area contributed by atoms with Crippen molar-refractivity contribution in [2.24, 2.45) is 0 Å². The van der Waals surface area contributed by atoms with Gasteiger partial charge in [0.15, 0.2) is 0 Å². The Morgan fingerprint density at radius 1 is 0.962 bits per heavy atom. The maximum atomic E-state index is 13.4. The molecule has 7 heteroatoms. The monoisotopic (exact) mass is 434 g/mol. The molecule has 0 unspecified atom stereocenters. The van der Waals surface area contributed by atoms with Gasteiger partial charge in [0.05, 0.1) is 10.9 Å². The molecule has 0 fully saturated rings. The first-order valence-electron chi connectivity index (χ1n) is 8.15. The van der Waals surface area contributed by atoms with Gasteiger partial charge in [-0.15, -0.1) is 0 Å². The van der Waals surface area contributed by atoms with Crippen LogP contribution in [0.5, 0.6) is 0 Å². The van der Waals surface area contributed by atoms with Crippen LogP contribution >= 0.6 is 15.9 Å². The average molecular weight is 435 g/mol. The van der Waals surface area contributed by atoms with Gasteiger partial charge in [-0.05, 0) is 54.1 Å². The second kappa shape index (κ2) is 6.64. The molecular weight excluding hydrogens is 419 g/mol. The van der Waals surface area contributed by atoms with Crippen LogP contribution in [0.1, 0.15) is 17.3 Å². The van der Waals surface area contributed by atoms with Gasteiger partial charge in [0, 0.05) is 29.5 Å². The van der Waals surface area contributed by atoms with Crippen LogP contribution in [0.4, 0.5) is 4.39 Å². The summed E-state index contributed by atoms with van der Waals surface area (Å²) in [6, 6.07) is 16.0. The zero-order chi connectivity index (χ0) is 18.3. The molecule has 2 heterocycles. The first kappa shape index (κ1) is 17.5. The molecule has 4 rings (SSSR count). The van der Waals surface area contributed by atoms with Crippen LogP contribution in [-0.4, -0.2) is 23.8 Å². The predicted octanol–water partition coefficient (Wildman–Crippen LogP) is 4.18. The molecule has 1 aliphatic rings. The Hall–Kier alpha value is -1.96. The molecule has 0 spiro atoms. The van der Waals surface area contributed by atoms with Crippen LogP contribution in [0.15, 0.2) is 76.2 Å². The van der Waals surface area contributed by atoms with Crippen LogP contribution in [0.3, 0.4) is 0 Å². The van der Waals surface area contributed by atoms with Crippen molar-refractivity contribution in [3.8, 4) is 0 Å². The Balaban J connectivity index is 1.83. The largest absolute Gasteiger partial charge is 0.348 e. The number of aromatic nitrogens is 1. The standard InChI is InChI=1S/C19H16BrFN2O2S/c20-15-5-9-17(10-6-15)26(24,25)23-13-12-22-11-1-2-18(22)19(23)14-3-7-16(21)8-4-14/h1-11,19H,12-13H2/t19-/m0/s1. The third-order valence-electron chi connectivity index (χ3n) is 4.60. The van der Waals surface area contributed by atoms with Crippen molar-refractivity contribution in [1.82, 2.24) is 8.87 Å². The Kier molecular flexibility index (Phi) is 4.46. The SMILES string of the molecule is O=S(=O)(c1ccc(Br)cc1)N1CCn2cccc2[C@@H]1c1ccc(F)cc1. The van der Waals surface area contributed by atoms with Gasteiger partial charge in [-0.2, -0.15) is 4.31 Å². The Labute approximate surface area is 160 Å². The summed E-state index contributed by atoms with van der Waals surface area (Å²) in [5.41, 5.74) is 1.62. The van der Waals surface area contributed by atoms with Crippen molar-refractivity contribution < 1.29 is 12.8 Å². The molecule has 26 heavy (non-hydrogen) atoms. The van der Waals surface area contributed by atoms with E-state index in [-0.39, 0.29) is 10.7 Å². The van der Waals surface area contributed by atoms with Gasteiger partial charge in [-0.25, -0.2) is 12.8 Å². The quantitative estimate of drug-likeness (QED) is 0.620. The van der Waals surface area contributed by atoms with Crippen molar-refractivity contribution in [2.45, 2.75) is 17.5 Å². The molecule has 0 radical (unpaired) electrons. The third kappa shape index (κ3) is 3.00. The molecule has 0 aliphatic carbocycles. The third-order valence-corrected chi connectivity index (χ3v) is 7.01. The van der Waals surface area contributed by atoms with Crippen molar-refractivity contribution in [3.63, 3.8) is 0 Å². The molecule has 134 valence electrons. The molecule has 0 saturated heterocycles. The van der Waals surface area contributed by atoms with Gasteiger partial charge in [0.1, 0.15) is 5.82 Å². The second-order valence-electron chi connectivity index (χ2n) is 6.15. The van der Waals surface area contributed by atoms with Crippen molar-refractivity contribution >= 4 is 26.0 Å². The number of halogens is 2. The van der Waals surface area contributed by atoms with Gasteiger partial charge in [0.25, 0.3) is 0 Å². The summed E-state index contributed by atoms with van der Waals surface area (Å²) in [5, 5.41) is 0. The first-order chi connectivity index (χ1) is 12.5. The number of benzene rings is 2. The van der Waals surface area contributed by atoms with Gasteiger partial charge < -0.3 is 4.57 Å². The predicted molar refractivity (Wildman–Crippen MR) is 101 cm³/mol. The lowest BCUT2D eigenvalue weighted by molar-refractivity contribution is 0.298. The maximum absolute atomic E-state index is 13.4. The highest BCUT2D eigenvalue weighted by Crippen LogP contribution is 2.36. The Morgan fingerprint density at radius 3 is 2.35 bits per heavy atom. The lowest BCUT2D eigenvalue weighted by Crippen LogP contribution is -2.42. The molecule has 0 N–H and O–H groups in total. The van der Waals surface area contributed by atoms with Crippen LogP contribution in [0.2, 0.25) is 0 Å². The molecule has 1 atom stereocenters. The smallest absolute Gasteiger partial charge is 0.244 e. The molecule has 3 aromatic rings. The minimum atomic E-state index is -3.70. The highest BCUT2D eigenvalue weighted by Gasteiger charge is 2.37. The minimum Gasteiger partial charge on any atom is -0.348 e. The summed E-state index contributed by atoms with van der Waals surface area (Å²) in [6.07, 6.45) is 1.94. The van der Waals surface area contributed by atoms with Gasteiger partial charge in [-0.1, -0.05) is 28.1 Å². The molecule has 0 bridgehead atoms. The van der Waals surface area contributed by atoms with Crippen molar-refractivity contribution in [3.05, 3.63) is 88.4 Å². The summed E-state index contributed by atoms with van der Waals surface area (Å²) >= 11 is 3.33. The Bertz CT molecular complexity index is 1030. The van der Waals surface area contributed by atoms with Gasteiger partial charge in [-0.3, -0.25) is 0 Å².